The lowest BCUT2D eigenvalue weighted by Crippen LogP contribution is -2.40. The fourth-order valence-electron chi connectivity index (χ4n) is 1.96. The van der Waals surface area contributed by atoms with E-state index >= 15 is 0 Å². The second-order valence-corrected chi connectivity index (χ2v) is 4.57. The molecule has 9 heteroatoms. The minimum Gasteiger partial charge on any atom is -0.355 e. The molecule has 1 aliphatic heterocycles. The van der Waals surface area contributed by atoms with E-state index in [-0.39, 0.29) is 18.9 Å². The lowest BCUT2D eigenvalue weighted by atomic mass is 9.98. The van der Waals surface area contributed by atoms with Crippen molar-refractivity contribution in [1.29, 1.82) is 0 Å². The van der Waals surface area contributed by atoms with Crippen molar-refractivity contribution in [3.63, 3.8) is 0 Å². The van der Waals surface area contributed by atoms with Crippen LogP contribution in [0.2, 0.25) is 0 Å². The molecule has 1 saturated heterocycles. The van der Waals surface area contributed by atoms with Crippen LogP contribution in [0.5, 0.6) is 0 Å². The van der Waals surface area contributed by atoms with Gasteiger partial charge in [-0.05, 0) is 6.42 Å². The lowest BCUT2D eigenvalue weighted by molar-refractivity contribution is -0.387. The van der Waals surface area contributed by atoms with E-state index in [0.29, 0.717) is 18.6 Å². The number of nitro groups is 1. The number of piperidine rings is 1. The van der Waals surface area contributed by atoms with Crippen molar-refractivity contribution in [2.24, 2.45) is 5.92 Å². The van der Waals surface area contributed by atoms with Crippen LogP contribution in [0, 0.1) is 27.7 Å². The molecule has 2 rings (SSSR count). The van der Waals surface area contributed by atoms with E-state index in [1.54, 1.807) is 0 Å². The Bertz CT molecular complexity index is 611. The summed E-state index contributed by atoms with van der Waals surface area (Å²) in [6.07, 6.45) is 0.465. The molecule has 0 spiro atoms. The maximum Gasteiger partial charge on any atom is 0.307 e. The van der Waals surface area contributed by atoms with Gasteiger partial charge >= 0.3 is 5.69 Å². The summed E-state index contributed by atoms with van der Waals surface area (Å²) < 4.78 is 26.7. The normalized spacial score (nSPS) is 18.0. The van der Waals surface area contributed by atoms with E-state index in [4.69, 9.17) is 0 Å². The van der Waals surface area contributed by atoms with Crippen LogP contribution in [-0.2, 0) is 9.59 Å². The molecular weight excluding hydrogens is 288 g/mol. The number of halogens is 2. The second kappa shape index (κ2) is 5.81. The molecule has 1 aromatic carbocycles. The third-order valence-corrected chi connectivity index (χ3v) is 3.13. The number of nitro benzene ring substituents is 1. The maximum absolute atomic E-state index is 13.5. The topological polar surface area (TPSA) is 101 Å². The Kier molecular flexibility index (Phi) is 4.10. The molecule has 1 fully saturated rings. The van der Waals surface area contributed by atoms with Crippen LogP contribution >= 0.6 is 0 Å². The van der Waals surface area contributed by atoms with E-state index < -0.39 is 39.8 Å². The van der Waals surface area contributed by atoms with Crippen molar-refractivity contribution in [2.45, 2.75) is 12.8 Å². The van der Waals surface area contributed by atoms with E-state index in [1.165, 1.54) is 0 Å². The summed E-state index contributed by atoms with van der Waals surface area (Å²) in [7, 11) is 0. The van der Waals surface area contributed by atoms with Gasteiger partial charge in [0.25, 0.3) is 0 Å². The van der Waals surface area contributed by atoms with Gasteiger partial charge in [-0.15, -0.1) is 0 Å². The summed E-state index contributed by atoms with van der Waals surface area (Å²) in [5.74, 6) is -3.75. The molecule has 1 aliphatic rings. The molecule has 7 nitrogen and oxygen atoms in total. The van der Waals surface area contributed by atoms with Crippen LogP contribution in [0.4, 0.5) is 20.2 Å². The van der Waals surface area contributed by atoms with Crippen LogP contribution in [0.25, 0.3) is 0 Å². The molecule has 1 atom stereocenters. The highest BCUT2D eigenvalue weighted by atomic mass is 19.1. The van der Waals surface area contributed by atoms with E-state index in [2.05, 4.69) is 10.6 Å². The van der Waals surface area contributed by atoms with E-state index in [0.717, 1.165) is 0 Å². The van der Waals surface area contributed by atoms with Gasteiger partial charge < -0.3 is 10.6 Å². The zero-order chi connectivity index (χ0) is 15.6. The van der Waals surface area contributed by atoms with Gasteiger partial charge in [-0.2, -0.15) is 4.39 Å². The Labute approximate surface area is 117 Å². The molecule has 2 amide bonds. The first-order valence-corrected chi connectivity index (χ1v) is 6.09. The standard InChI is InChI=1S/C12H11F2N3O4/c13-7-3-8(14)10(17(20)21)4-9(7)16-12(19)6-1-2-11(18)15-5-6/h3-4,6H,1-2,5H2,(H,15,18)(H,16,19). The number of anilines is 1. The third-order valence-electron chi connectivity index (χ3n) is 3.13. The Hall–Kier alpha value is -2.58. The predicted molar refractivity (Wildman–Crippen MR) is 67.4 cm³/mol. The number of benzene rings is 1. The fourth-order valence-corrected chi connectivity index (χ4v) is 1.96. The number of nitrogens with one attached hydrogen (secondary N) is 2. The SMILES string of the molecule is O=C1CCC(C(=O)Nc2cc([N+](=O)[O-])c(F)cc2F)CN1. The number of hydrogen-bond donors (Lipinski definition) is 2. The molecule has 1 unspecified atom stereocenters. The lowest BCUT2D eigenvalue weighted by Gasteiger charge is -2.21. The highest BCUT2D eigenvalue weighted by molar-refractivity contribution is 5.94. The highest BCUT2D eigenvalue weighted by Gasteiger charge is 2.26. The first-order valence-electron chi connectivity index (χ1n) is 6.09. The van der Waals surface area contributed by atoms with Gasteiger partial charge in [0.2, 0.25) is 17.6 Å². The van der Waals surface area contributed by atoms with Gasteiger partial charge in [0.15, 0.2) is 0 Å². The largest absolute Gasteiger partial charge is 0.355 e. The molecule has 0 aliphatic carbocycles. The van der Waals surface area contributed by atoms with Crippen molar-refractivity contribution >= 4 is 23.2 Å². The molecule has 0 bridgehead atoms. The molecule has 0 saturated carbocycles. The smallest absolute Gasteiger partial charge is 0.307 e. The zero-order valence-electron chi connectivity index (χ0n) is 10.7. The van der Waals surface area contributed by atoms with E-state index in [9.17, 15) is 28.5 Å². The Morgan fingerprint density at radius 3 is 2.67 bits per heavy atom. The summed E-state index contributed by atoms with van der Waals surface area (Å²) in [6, 6.07) is 0.973. The molecule has 2 N–H and O–H groups in total. The molecule has 112 valence electrons. The van der Waals surface area contributed by atoms with Gasteiger partial charge in [-0.25, -0.2) is 4.39 Å². The Morgan fingerprint density at radius 1 is 1.38 bits per heavy atom. The molecule has 21 heavy (non-hydrogen) atoms. The van der Waals surface area contributed by atoms with E-state index in [1.807, 2.05) is 0 Å². The first kappa shape index (κ1) is 14.8. The minimum absolute atomic E-state index is 0.107. The fraction of sp³-hybridized carbons (Fsp3) is 0.333. The van der Waals surface area contributed by atoms with Crippen molar-refractivity contribution in [3.05, 3.63) is 33.9 Å². The predicted octanol–water partition coefficient (Wildman–Crippen LogP) is 1.34. The van der Waals surface area contributed by atoms with Crippen LogP contribution in [0.1, 0.15) is 12.8 Å². The quantitative estimate of drug-likeness (QED) is 0.649. The van der Waals surface area contributed by atoms with Gasteiger partial charge in [0.05, 0.1) is 16.5 Å². The van der Waals surface area contributed by atoms with Crippen LogP contribution < -0.4 is 10.6 Å². The summed E-state index contributed by atoms with van der Waals surface area (Å²) in [4.78, 5) is 32.5. The summed E-state index contributed by atoms with van der Waals surface area (Å²) >= 11 is 0. The summed E-state index contributed by atoms with van der Waals surface area (Å²) in [6.45, 7) is 0.107. The van der Waals surface area contributed by atoms with Crippen LogP contribution in [-0.4, -0.2) is 23.3 Å². The average molecular weight is 299 g/mol. The van der Waals surface area contributed by atoms with Gasteiger partial charge in [0.1, 0.15) is 5.82 Å². The van der Waals surface area contributed by atoms with Crippen LogP contribution in [0.15, 0.2) is 12.1 Å². The minimum atomic E-state index is -1.32. The maximum atomic E-state index is 13.5. The second-order valence-electron chi connectivity index (χ2n) is 4.57. The molecule has 1 heterocycles. The Morgan fingerprint density at radius 2 is 2.10 bits per heavy atom. The molecule has 0 aromatic heterocycles. The zero-order valence-corrected chi connectivity index (χ0v) is 10.7. The highest BCUT2D eigenvalue weighted by Crippen LogP contribution is 2.26. The number of nitrogens with zero attached hydrogens (tertiary/aromatic N) is 1. The monoisotopic (exact) mass is 299 g/mol. The van der Waals surface area contributed by atoms with Crippen molar-refractivity contribution < 1.29 is 23.3 Å². The average Bonchev–Trinajstić information content (AvgIpc) is 2.42. The van der Waals surface area contributed by atoms with Gasteiger partial charge in [-0.1, -0.05) is 0 Å². The molecular formula is C12H11F2N3O4. The number of carbonyl (C=O) groups is 2. The number of rotatable bonds is 3. The number of carbonyl (C=O) groups excluding carboxylic acids is 2. The molecule has 0 radical (unpaired) electrons. The first-order chi connectivity index (χ1) is 9.88. The van der Waals surface area contributed by atoms with Gasteiger partial charge in [0, 0.05) is 25.1 Å². The van der Waals surface area contributed by atoms with Crippen LogP contribution in [0.3, 0.4) is 0 Å². The summed E-state index contributed by atoms with van der Waals surface area (Å²) in [5.41, 5.74) is -1.39. The summed E-state index contributed by atoms with van der Waals surface area (Å²) in [5, 5.41) is 15.3. The Balaban J connectivity index is 2.15. The number of hydrogen-bond acceptors (Lipinski definition) is 4. The van der Waals surface area contributed by atoms with Crippen molar-refractivity contribution in [3.8, 4) is 0 Å². The van der Waals surface area contributed by atoms with Gasteiger partial charge in [-0.3, -0.25) is 19.7 Å². The van der Waals surface area contributed by atoms with Crippen molar-refractivity contribution in [2.75, 3.05) is 11.9 Å². The van der Waals surface area contributed by atoms with Crippen molar-refractivity contribution in [1.82, 2.24) is 5.32 Å². The molecule has 1 aromatic rings. The third kappa shape index (κ3) is 3.30. The number of amides is 2.